The lowest BCUT2D eigenvalue weighted by Gasteiger charge is -2.23. The minimum absolute atomic E-state index is 0.124. The fourth-order valence-electron chi connectivity index (χ4n) is 1.39. The van der Waals surface area contributed by atoms with Crippen LogP contribution in [-0.4, -0.2) is 48.1 Å². The Morgan fingerprint density at radius 3 is 2.63 bits per heavy atom. The number of hydrogen-bond acceptors (Lipinski definition) is 3. The maximum atomic E-state index is 11.8. The summed E-state index contributed by atoms with van der Waals surface area (Å²) in [5.41, 5.74) is 0.329. The van der Waals surface area contributed by atoms with Crippen molar-refractivity contribution in [3.63, 3.8) is 0 Å². The molecule has 0 spiro atoms. The number of carbonyl (C=O) groups is 2. The summed E-state index contributed by atoms with van der Waals surface area (Å²) in [4.78, 5) is 24.9. The highest BCUT2D eigenvalue weighted by Crippen LogP contribution is 2.14. The number of rotatable bonds is 5. The van der Waals surface area contributed by atoms with Crippen molar-refractivity contribution in [3.05, 3.63) is 34.9 Å². The van der Waals surface area contributed by atoms with E-state index in [9.17, 15) is 9.59 Å². The Labute approximate surface area is 117 Å². The highest BCUT2D eigenvalue weighted by atomic mass is 35.5. The predicted octanol–water partition coefficient (Wildman–Crippen LogP) is 0.909. The largest absolute Gasteiger partial charge is 0.394 e. The van der Waals surface area contributed by atoms with Gasteiger partial charge in [-0.25, -0.2) is 0 Å². The predicted molar refractivity (Wildman–Crippen MR) is 73.1 cm³/mol. The number of halogens is 1. The molecule has 0 aliphatic carbocycles. The first-order valence-corrected chi connectivity index (χ1v) is 6.24. The molecular weight excluding hydrogens is 268 g/mol. The van der Waals surface area contributed by atoms with Gasteiger partial charge in [-0.1, -0.05) is 23.7 Å². The standard InChI is InChI=1S/C13H17ClN2O3/c1-9(8-17)16(2)12(18)7-15-13(19)10-5-3-4-6-11(10)14/h3-6,9,17H,7-8H2,1-2H3,(H,15,19). The molecule has 1 unspecified atom stereocenters. The van der Waals surface area contributed by atoms with E-state index in [1.807, 2.05) is 0 Å². The molecule has 1 atom stereocenters. The van der Waals surface area contributed by atoms with E-state index >= 15 is 0 Å². The van der Waals surface area contributed by atoms with Gasteiger partial charge < -0.3 is 15.3 Å². The van der Waals surface area contributed by atoms with Crippen LogP contribution in [0.1, 0.15) is 17.3 Å². The third-order valence-electron chi connectivity index (χ3n) is 2.84. The molecule has 0 fully saturated rings. The molecule has 0 saturated heterocycles. The molecular formula is C13H17ClN2O3. The fraction of sp³-hybridized carbons (Fsp3) is 0.385. The molecule has 2 N–H and O–H groups in total. The van der Waals surface area contributed by atoms with Crippen LogP contribution in [0, 0.1) is 0 Å². The van der Waals surface area contributed by atoms with Crippen molar-refractivity contribution in [2.75, 3.05) is 20.2 Å². The zero-order valence-electron chi connectivity index (χ0n) is 10.9. The normalized spacial score (nSPS) is 11.8. The van der Waals surface area contributed by atoms with Crippen molar-refractivity contribution in [3.8, 4) is 0 Å². The zero-order chi connectivity index (χ0) is 14.4. The number of nitrogens with zero attached hydrogens (tertiary/aromatic N) is 1. The second-order valence-corrected chi connectivity index (χ2v) is 4.61. The molecule has 0 aliphatic rings. The number of aliphatic hydroxyl groups is 1. The molecule has 0 aromatic heterocycles. The van der Waals surface area contributed by atoms with Crippen molar-refractivity contribution in [2.45, 2.75) is 13.0 Å². The lowest BCUT2D eigenvalue weighted by molar-refractivity contribution is -0.131. The first-order valence-electron chi connectivity index (χ1n) is 5.86. The second kappa shape index (κ2) is 7.11. The van der Waals surface area contributed by atoms with Gasteiger partial charge in [-0.3, -0.25) is 9.59 Å². The topological polar surface area (TPSA) is 69.6 Å². The maximum Gasteiger partial charge on any atom is 0.253 e. The van der Waals surface area contributed by atoms with Crippen LogP contribution in [0.4, 0.5) is 0 Å². The number of benzene rings is 1. The number of carbonyl (C=O) groups excluding carboxylic acids is 2. The minimum atomic E-state index is -0.399. The quantitative estimate of drug-likeness (QED) is 0.844. The third kappa shape index (κ3) is 4.22. The second-order valence-electron chi connectivity index (χ2n) is 4.20. The lowest BCUT2D eigenvalue weighted by atomic mass is 10.2. The maximum absolute atomic E-state index is 11.8. The van der Waals surface area contributed by atoms with Crippen molar-refractivity contribution in [1.29, 1.82) is 0 Å². The first kappa shape index (κ1) is 15.5. The number of likely N-dealkylation sites (N-methyl/N-ethyl adjacent to an activating group) is 1. The van der Waals surface area contributed by atoms with Gasteiger partial charge in [0.1, 0.15) is 0 Å². The van der Waals surface area contributed by atoms with E-state index in [0.717, 1.165) is 0 Å². The molecule has 6 heteroatoms. The van der Waals surface area contributed by atoms with E-state index in [0.29, 0.717) is 10.6 Å². The Hall–Kier alpha value is -1.59. The van der Waals surface area contributed by atoms with E-state index < -0.39 is 5.91 Å². The Morgan fingerprint density at radius 2 is 2.05 bits per heavy atom. The van der Waals surface area contributed by atoms with Gasteiger partial charge in [0.15, 0.2) is 0 Å². The highest BCUT2D eigenvalue weighted by molar-refractivity contribution is 6.33. The monoisotopic (exact) mass is 284 g/mol. The SMILES string of the molecule is CC(CO)N(C)C(=O)CNC(=O)c1ccccc1Cl. The molecule has 1 aromatic carbocycles. The van der Waals surface area contributed by atoms with E-state index in [4.69, 9.17) is 16.7 Å². The van der Waals surface area contributed by atoms with Crippen LogP contribution >= 0.6 is 11.6 Å². The average molecular weight is 285 g/mol. The highest BCUT2D eigenvalue weighted by Gasteiger charge is 2.16. The van der Waals surface area contributed by atoms with Crippen LogP contribution in [0.3, 0.4) is 0 Å². The summed E-state index contributed by atoms with van der Waals surface area (Å²) in [5.74, 6) is -0.675. The summed E-state index contributed by atoms with van der Waals surface area (Å²) in [6, 6.07) is 6.33. The van der Waals surface area contributed by atoms with E-state index in [1.54, 1.807) is 38.2 Å². The number of amides is 2. The first-order chi connectivity index (χ1) is 8.97. The summed E-state index contributed by atoms with van der Waals surface area (Å²) in [5, 5.41) is 11.8. The third-order valence-corrected chi connectivity index (χ3v) is 3.17. The number of aliphatic hydroxyl groups excluding tert-OH is 1. The molecule has 0 radical (unpaired) electrons. The molecule has 5 nitrogen and oxygen atoms in total. The van der Waals surface area contributed by atoms with Gasteiger partial charge in [0.25, 0.3) is 5.91 Å². The van der Waals surface area contributed by atoms with Crippen LogP contribution < -0.4 is 5.32 Å². The lowest BCUT2D eigenvalue weighted by Crippen LogP contribution is -2.43. The molecule has 1 rings (SSSR count). The summed E-state index contributed by atoms with van der Waals surface area (Å²) < 4.78 is 0. The van der Waals surface area contributed by atoms with E-state index in [2.05, 4.69) is 5.32 Å². The molecule has 19 heavy (non-hydrogen) atoms. The molecule has 0 heterocycles. The van der Waals surface area contributed by atoms with Gasteiger partial charge in [0, 0.05) is 7.05 Å². The number of nitrogens with one attached hydrogen (secondary N) is 1. The van der Waals surface area contributed by atoms with Gasteiger partial charge in [-0.2, -0.15) is 0 Å². The summed E-state index contributed by atoms with van der Waals surface area (Å²) in [7, 11) is 1.57. The van der Waals surface area contributed by atoms with Crippen LogP contribution in [0.15, 0.2) is 24.3 Å². The smallest absolute Gasteiger partial charge is 0.253 e. The molecule has 0 bridgehead atoms. The Morgan fingerprint density at radius 1 is 1.42 bits per heavy atom. The van der Waals surface area contributed by atoms with Gasteiger partial charge in [0.2, 0.25) is 5.91 Å². The summed E-state index contributed by atoms with van der Waals surface area (Å²) >= 11 is 5.88. The number of hydrogen-bond donors (Lipinski definition) is 2. The van der Waals surface area contributed by atoms with Gasteiger partial charge >= 0.3 is 0 Å². The van der Waals surface area contributed by atoms with Crippen molar-refractivity contribution in [2.24, 2.45) is 0 Å². The van der Waals surface area contributed by atoms with Crippen molar-refractivity contribution >= 4 is 23.4 Å². The van der Waals surface area contributed by atoms with Gasteiger partial charge in [-0.15, -0.1) is 0 Å². The van der Waals surface area contributed by atoms with Crippen LogP contribution in [0.5, 0.6) is 0 Å². The minimum Gasteiger partial charge on any atom is -0.394 e. The van der Waals surface area contributed by atoms with Crippen molar-refractivity contribution in [1.82, 2.24) is 10.2 Å². The Balaban J connectivity index is 2.56. The average Bonchev–Trinajstić information content (AvgIpc) is 2.43. The van der Waals surface area contributed by atoms with Crippen LogP contribution in [0.2, 0.25) is 5.02 Å². The van der Waals surface area contributed by atoms with E-state index in [1.165, 1.54) is 4.90 Å². The summed E-state index contributed by atoms with van der Waals surface area (Å²) in [6.07, 6.45) is 0. The van der Waals surface area contributed by atoms with Crippen LogP contribution in [-0.2, 0) is 4.79 Å². The summed E-state index contributed by atoms with van der Waals surface area (Å²) in [6.45, 7) is 1.46. The molecule has 0 aliphatic heterocycles. The van der Waals surface area contributed by atoms with Crippen molar-refractivity contribution < 1.29 is 14.7 Å². The molecule has 104 valence electrons. The van der Waals surface area contributed by atoms with Crippen LogP contribution in [0.25, 0.3) is 0 Å². The van der Waals surface area contributed by atoms with Gasteiger partial charge in [-0.05, 0) is 19.1 Å². The Kier molecular flexibility index (Phi) is 5.79. The molecule has 0 saturated carbocycles. The molecule has 2 amide bonds. The van der Waals surface area contributed by atoms with Gasteiger partial charge in [0.05, 0.1) is 29.8 Å². The zero-order valence-corrected chi connectivity index (χ0v) is 11.6. The van der Waals surface area contributed by atoms with E-state index in [-0.39, 0.29) is 25.1 Å². The molecule has 1 aromatic rings. The Bertz CT molecular complexity index is 465. The fourth-order valence-corrected chi connectivity index (χ4v) is 1.61.